The summed E-state index contributed by atoms with van der Waals surface area (Å²) < 4.78 is 0. The van der Waals surface area contributed by atoms with Gasteiger partial charge in [-0.3, -0.25) is 4.79 Å². The Hall–Kier alpha value is -2.82. The molecule has 0 bridgehead atoms. The number of hydrogen-bond donors (Lipinski definition) is 2. The molecule has 1 aliphatic rings. The first-order chi connectivity index (χ1) is 12.5. The summed E-state index contributed by atoms with van der Waals surface area (Å²) >= 11 is 0. The fourth-order valence-corrected chi connectivity index (χ4v) is 3.63. The number of amides is 3. The Bertz CT molecular complexity index is 774. The van der Waals surface area contributed by atoms with Gasteiger partial charge in [0.05, 0.1) is 0 Å². The lowest BCUT2D eigenvalue weighted by Crippen LogP contribution is -2.47. The lowest BCUT2D eigenvalue weighted by atomic mass is 9.76. The number of rotatable bonds is 4. The summed E-state index contributed by atoms with van der Waals surface area (Å²) in [6, 6.07) is 17.2. The molecule has 3 amide bonds. The quantitative estimate of drug-likeness (QED) is 0.888. The molecule has 2 aromatic carbocycles. The molecule has 1 unspecified atom stereocenters. The maximum absolute atomic E-state index is 12.9. The number of nitrogens with two attached hydrogens (primary N) is 1. The number of benzene rings is 2. The van der Waals surface area contributed by atoms with Crippen molar-refractivity contribution in [1.82, 2.24) is 10.2 Å². The van der Waals surface area contributed by atoms with Crippen LogP contribution in [0.5, 0.6) is 0 Å². The molecule has 0 aliphatic carbocycles. The summed E-state index contributed by atoms with van der Waals surface area (Å²) in [4.78, 5) is 25.7. The number of hydrogen-bond acceptors (Lipinski definition) is 2. The third-order valence-electron chi connectivity index (χ3n) is 5.12. The predicted octanol–water partition coefficient (Wildman–Crippen LogP) is 3.05. The normalized spacial score (nSPS) is 19.8. The van der Waals surface area contributed by atoms with Crippen molar-refractivity contribution in [3.05, 3.63) is 71.3 Å². The van der Waals surface area contributed by atoms with Gasteiger partial charge in [-0.15, -0.1) is 0 Å². The van der Waals surface area contributed by atoms with Gasteiger partial charge in [0.2, 0.25) is 0 Å². The molecule has 0 aromatic heterocycles. The molecule has 1 heterocycles. The van der Waals surface area contributed by atoms with E-state index in [1.165, 1.54) is 5.56 Å². The van der Waals surface area contributed by atoms with Crippen LogP contribution >= 0.6 is 0 Å². The topological polar surface area (TPSA) is 75.4 Å². The average Bonchev–Trinajstić information content (AvgIpc) is 2.67. The Balaban J connectivity index is 1.70. The van der Waals surface area contributed by atoms with Crippen molar-refractivity contribution in [2.45, 2.75) is 31.7 Å². The maximum Gasteiger partial charge on any atom is 0.312 e. The van der Waals surface area contributed by atoms with E-state index >= 15 is 0 Å². The van der Waals surface area contributed by atoms with E-state index < -0.39 is 6.03 Å². The maximum atomic E-state index is 12.9. The van der Waals surface area contributed by atoms with E-state index in [0.29, 0.717) is 12.1 Å². The SMILES string of the molecule is CC1(c2ccccc2)CCCN(C(=O)c2ccc(CNC(N)=O)cc2)C1. The highest BCUT2D eigenvalue weighted by molar-refractivity contribution is 5.94. The Morgan fingerprint density at radius 2 is 1.81 bits per heavy atom. The van der Waals surface area contributed by atoms with Crippen LogP contribution in [0.2, 0.25) is 0 Å². The molecule has 0 spiro atoms. The summed E-state index contributed by atoms with van der Waals surface area (Å²) in [6.07, 6.45) is 2.08. The van der Waals surface area contributed by atoms with Crippen LogP contribution in [0.15, 0.2) is 54.6 Å². The average molecular weight is 351 g/mol. The lowest BCUT2D eigenvalue weighted by molar-refractivity contribution is 0.0651. The molecule has 1 saturated heterocycles. The predicted molar refractivity (Wildman–Crippen MR) is 102 cm³/mol. The molecule has 26 heavy (non-hydrogen) atoms. The van der Waals surface area contributed by atoms with Crippen LogP contribution in [0, 0.1) is 0 Å². The monoisotopic (exact) mass is 351 g/mol. The summed E-state index contributed by atoms with van der Waals surface area (Å²) in [7, 11) is 0. The second kappa shape index (κ2) is 7.60. The molecule has 0 saturated carbocycles. The van der Waals surface area contributed by atoms with Gasteiger partial charge in [0.15, 0.2) is 0 Å². The largest absolute Gasteiger partial charge is 0.352 e. The van der Waals surface area contributed by atoms with E-state index in [-0.39, 0.29) is 11.3 Å². The number of carbonyl (C=O) groups is 2. The Kier molecular flexibility index (Phi) is 5.26. The fourth-order valence-electron chi connectivity index (χ4n) is 3.63. The molecule has 2 aromatic rings. The Morgan fingerprint density at radius 3 is 2.46 bits per heavy atom. The minimum atomic E-state index is -0.557. The third kappa shape index (κ3) is 4.04. The van der Waals surface area contributed by atoms with Crippen LogP contribution in [0.25, 0.3) is 0 Å². The van der Waals surface area contributed by atoms with Gasteiger partial charge < -0.3 is 16.0 Å². The summed E-state index contributed by atoms with van der Waals surface area (Å²) in [5.41, 5.74) is 7.93. The van der Waals surface area contributed by atoms with Gasteiger partial charge in [0.1, 0.15) is 0 Å². The van der Waals surface area contributed by atoms with Gasteiger partial charge >= 0.3 is 6.03 Å². The van der Waals surface area contributed by atoms with Gasteiger partial charge in [0, 0.05) is 30.6 Å². The van der Waals surface area contributed by atoms with Crippen LogP contribution in [0.1, 0.15) is 41.3 Å². The fraction of sp³-hybridized carbons (Fsp3) is 0.333. The van der Waals surface area contributed by atoms with E-state index in [2.05, 4.69) is 36.5 Å². The number of carbonyl (C=O) groups excluding carboxylic acids is 2. The lowest BCUT2D eigenvalue weighted by Gasteiger charge is -2.41. The van der Waals surface area contributed by atoms with Crippen molar-refractivity contribution >= 4 is 11.9 Å². The van der Waals surface area contributed by atoms with Crippen LogP contribution in [0.3, 0.4) is 0 Å². The molecular formula is C21H25N3O2. The number of urea groups is 1. The minimum absolute atomic E-state index is 0.0134. The number of likely N-dealkylation sites (tertiary alicyclic amines) is 1. The van der Waals surface area contributed by atoms with E-state index in [0.717, 1.165) is 31.5 Å². The first-order valence-electron chi connectivity index (χ1n) is 8.95. The number of nitrogens with one attached hydrogen (secondary N) is 1. The first-order valence-corrected chi connectivity index (χ1v) is 8.95. The highest BCUT2D eigenvalue weighted by Gasteiger charge is 2.34. The van der Waals surface area contributed by atoms with Gasteiger partial charge in [-0.05, 0) is 36.1 Å². The van der Waals surface area contributed by atoms with E-state index in [1.807, 2.05) is 35.2 Å². The smallest absolute Gasteiger partial charge is 0.312 e. The van der Waals surface area contributed by atoms with Gasteiger partial charge in [-0.2, -0.15) is 0 Å². The summed E-state index contributed by atoms with van der Waals surface area (Å²) in [5.74, 6) is 0.0567. The van der Waals surface area contributed by atoms with Crippen LogP contribution in [-0.4, -0.2) is 29.9 Å². The minimum Gasteiger partial charge on any atom is -0.352 e. The standard InChI is InChI=1S/C21H25N3O2/c1-21(18-6-3-2-4-7-18)12-5-13-24(15-21)19(25)17-10-8-16(9-11-17)14-23-20(22)26/h2-4,6-11H,5,12-15H2,1H3,(H3,22,23,26). The summed E-state index contributed by atoms with van der Waals surface area (Å²) in [5, 5.41) is 2.55. The molecule has 1 aliphatic heterocycles. The Morgan fingerprint density at radius 1 is 1.12 bits per heavy atom. The van der Waals surface area contributed by atoms with Crippen LogP contribution < -0.4 is 11.1 Å². The number of piperidine rings is 1. The molecule has 1 fully saturated rings. The van der Waals surface area contributed by atoms with Gasteiger partial charge in [-0.25, -0.2) is 4.79 Å². The van der Waals surface area contributed by atoms with Gasteiger partial charge in [0.25, 0.3) is 5.91 Å². The second-order valence-corrected chi connectivity index (χ2v) is 7.17. The molecule has 3 N–H and O–H groups in total. The van der Waals surface area contributed by atoms with Crippen LogP contribution in [0.4, 0.5) is 4.79 Å². The van der Waals surface area contributed by atoms with E-state index in [4.69, 9.17) is 5.73 Å². The van der Waals surface area contributed by atoms with Crippen molar-refractivity contribution in [1.29, 1.82) is 0 Å². The molecule has 3 rings (SSSR count). The van der Waals surface area contributed by atoms with Crippen molar-refractivity contribution in [3.63, 3.8) is 0 Å². The summed E-state index contributed by atoms with van der Waals surface area (Å²) in [6.45, 7) is 4.10. The van der Waals surface area contributed by atoms with E-state index in [9.17, 15) is 9.59 Å². The second-order valence-electron chi connectivity index (χ2n) is 7.17. The third-order valence-corrected chi connectivity index (χ3v) is 5.12. The van der Waals surface area contributed by atoms with Crippen molar-refractivity contribution in [2.24, 2.45) is 5.73 Å². The molecule has 5 heteroatoms. The Labute approximate surface area is 154 Å². The highest BCUT2D eigenvalue weighted by atomic mass is 16.2. The zero-order chi connectivity index (χ0) is 18.6. The number of primary amides is 1. The van der Waals surface area contributed by atoms with Crippen molar-refractivity contribution < 1.29 is 9.59 Å². The van der Waals surface area contributed by atoms with E-state index in [1.54, 1.807) is 0 Å². The van der Waals surface area contributed by atoms with Crippen molar-refractivity contribution in [3.8, 4) is 0 Å². The molecule has 136 valence electrons. The molecule has 5 nitrogen and oxygen atoms in total. The van der Waals surface area contributed by atoms with Crippen LogP contribution in [-0.2, 0) is 12.0 Å². The molecule has 1 atom stereocenters. The molecular weight excluding hydrogens is 326 g/mol. The highest BCUT2D eigenvalue weighted by Crippen LogP contribution is 2.34. The number of nitrogens with zero attached hydrogens (tertiary/aromatic N) is 1. The first kappa shape index (κ1) is 18.0. The molecule has 0 radical (unpaired) electrons. The van der Waals surface area contributed by atoms with Gasteiger partial charge in [-0.1, -0.05) is 49.4 Å². The zero-order valence-electron chi connectivity index (χ0n) is 15.1. The van der Waals surface area contributed by atoms with Crippen molar-refractivity contribution in [2.75, 3.05) is 13.1 Å². The zero-order valence-corrected chi connectivity index (χ0v) is 15.1.